The van der Waals surface area contributed by atoms with Crippen molar-refractivity contribution in [3.8, 4) is 16.9 Å². The molecule has 0 radical (unpaired) electrons. The third-order valence-electron chi connectivity index (χ3n) is 3.57. The Morgan fingerprint density at radius 1 is 0.833 bits per heavy atom. The summed E-state index contributed by atoms with van der Waals surface area (Å²) in [5.74, 6) is 0.347. The van der Waals surface area contributed by atoms with Crippen molar-refractivity contribution < 1.29 is 5.11 Å². The molecule has 0 fully saturated rings. The van der Waals surface area contributed by atoms with Gasteiger partial charge in [0.25, 0.3) is 0 Å². The lowest BCUT2D eigenvalue weighted by Gasteiger charge is -2.21. The van der Waals surface area contributed by atoms with Crippen molar-refractivity contribution >= 4 is 0 Å². The maximum atomic E-state index is 9.61. The largest absolute Gasteiger partial charge is 0.508 e. The number of fused-ring (bicyclic) bond motifs is 3. The van der Waals surface area contributed by atoms with E-state index in [-0.39, 0.29) is 5.41 Å². The first-order chi connectivity index (χ1) is 8.60. The molecular formula is C17H20O. The maximum absolute atomic E-state index is 9.61. The molecule has 18 heavy (non-hydrogen) atoms. The van der Waals surface area contributed by atoms with Crippen molar-refractivity contribution in [3.63, 3.8) is 0 Å². The molecule has 0 spiro atoms. The van der Waals surface area contributed by atoms with Gasteiger partial charge in [0.1, 0.15) is 5.75 Å². The van der Waals surface area contributed by atoms with Crippen LogP contribution in [-0.4, -0.2) is 5.11 Å². The van der Waals surface area contributed by atoms with Gasteiger partial charge in [-0.1, -0.05) is 58.0 Å². The summed E-state index contributed by atoms with van der Waals surface area (Å²) < 4.78 is 0. The fraction of sp³-hybridized carbons (Fsp3) is 0.294. The molecule has 2 aromatic rings. The second-order valence-electron chi connectivity index (χ2n) is 4.90. The van der Waals surface area contributed by atoms with Gasteiger partial charge >= 0.3 is 0 Å². The molecule has 0 atom stereocenters. The van der Waals surface area contributed by atoms with E-state index in [9.17, 15) is 5.11 Å². The summed E-state index contributed by atoms with van der Waals surface area (Å²) in [7, 11) is 0. The smallest absolute Gasteiger partial charge is 0.115 e. The van der Waals surface area contributed by atoms with Crippen molar-refractivity contribution in [2.24, 2.45) is 0 Å². The summed E-state index contributed by atoms with van der Waals surface area (Å²) in [4.78, 5) is 0. The van der Waals surface area contributed by atoms with Gasteiger partial charge in [-0.15, -0.1) is 0 Å². The second kappa shape index (κ2) is 4.49. The zero-order chi connectivity index (χ0) is 13.3. The summed E-state index contributed by atoms with van der Waals surface area (Å²) in [5, 5.41) is 9.61. The molecule has 0 amide bonds. The van der Waals surface area contributed by atoms with Crippen molar-refractivity contribution in [3.05, 3.63) is 53.6 Å². The fourth-order valence-corrected chi connectivity index (χ4v) is 2.69. The molecule has 0 aromatic heterocycles. The minimum Gasteiger partial charge on any atom is -0.508 e. The van der Waals surface area contributed by atoms with Gasteiger partial charge in [0.05, 0.1) is 0 Å². The van der Waals surface area contributed by atoms with Gasteiger partial charge in [-0.05, 0) is 34.4 Å². The van der Waals surface area contributed by atoms with Gasteiger partial charge < -0.3 is 5.11 Å². The minimum absolute atomic E-state index is 0.00926. The van der Waals surface area contributed by atoms with Crippen LogP contribution in [-0.2, 0) is 5.41 Å². The molecule has 0 heterocycles. The molecular weight excluding hydrogens is 220 g/mol. The molecule has 0 aliphatic heterocycles. The summed E-state index contributed by atoms with van der Waals surface area (Å²) in [6.07, 6.45) is 0. The molecule has 1 nitrogen and oxygen atoms in total. The van der Waals surface area contributed by atoms with Gasteiger partial charge in [0.15, 0.2) is 0 Å². The summed E-state index contributed by atoms with van der Waals surface area (Å²) in [5.41, 5.74) is 5.09. The summed E-state index contributed by atoms with van der Waals surface area (Å²) >= 11 is 0. The summed E-state index contributed by atoms with van der Waals surface area (Å²) in [6, 6.07) is 14.1. The van der Waals surface area contributed by atoms with Crippen LogP contribution in [0, 0.1) is 0 Å². The number of rotatable bonds is 0. The van der Waals surface area contributed by atoms with Gasteiger partial charge in [0.2, 0.25) is 0 Å². The topological polar surface area (TPSA) is 20.2 Å². The van der Waals surface area contributed by atoms with E-state index in [0.717, 1.165) is 0 Å². The van der Waals surface area contributed by atoms with Gasteiger partial charge in [-0.25, -0.2) is 0 Å². The zero-order valence-corrected chi connectivity index (χ0v) is 11.5. The Morgan fingerprint density at radius 3 is 2.17 bits per heavy atom. The van der Waals surface area contributed by atoms with Gasteiger partial charge in [0, 0.05) is 5.41 Å². The van der Waals surface area contributed by atoms with E-state index in [1.54, 1.807) is 6.07 Å². The molecule has 0 unspecified atom stereocenters. The van der Waals surface area contributed by atoms with Crippen LogP contribution < -0.4 is 0 Å². The predicted molar refractivity (Wildman–Crippen MR) is 77.0 cm³/mol. The van der Waals surface area contributed by atoms with Crippen LogP contribution in [0.1, 0.15) is 38.8 Å². The predicted octanol–water partition coefficient (Wildman–Crippen LogP) is 4.72. The molecule has 94 valence electrons. The molecule has 1 heteroatoms. The minimum atomic E-state index is -0.00926. The number of phenolic OH excluding ortho intramolecular Hbond substituents is 1. The number of hydrogen-bond acceptors (Lipinski definition) is 1. The highest BCUT2D eigenvalue weighted by molar-refractivity contribution is 5.81. The Kier molecular flexibility index (Phi) is 3.16. The molecule has 3 rings (SSSR count). The molecule has 0 saturated carbocycles. The van der Waals surface area contributed by atoms with E-state index in [2.05, 4.69) is 38.1 Å². The number of hydrogen-bond donors (Lipinski definition) is 1. The van der Waals surface area contributed by atoms with Crippen LogP contribution in [0.2, 0.25) is 0 Å². The van der Waals surface area contributed by atoms with E-state index >= 15 is 0 Å². The van der Waals surface area contributed by atoms with E-state index < -0.39 is 0 Å². The third-order valence-corrected chi connectivity index (χ3v) is 3.57. The quantitative estimate of drug-likeness (QED) is 0.706. The number of aromatic hydroxyl groups is 1. The molecule has 0 bridgehead atoms. The fourth-order valence-electron chi connectivity index (χ4n) is 2.69. The van der Waals surface area contributed by atoms with E-state index in [0.29, 0.717) is 5.75 Å². The highest BCUT2D eigenvalue weighted by Crippen LogP contribution is 2.49. The normalized spacial score (nSPS) is 14.2. The standard InChI is InChI=1S/C15H14O.C2H6/c1-15(2)13-6-4-3-5-11(13)12-8-7-10(16)9-14(12)15;1-2/h3-9,16H,1-2H3;1-2H3. The molecule has 1 N–H and O–H groups in total. The Morgan fingerprint density at radius 2 is 1.44 bits per heavy atom. The van der Waals surface area contributed by atoms with E-state index in [1.807, 2.05) is 26.0 Å². The van der Waals surface area contributed by atoms with Crippen LogP contribution in [0.3, 0.4) is 0 Å². The Balaban J connectivity index is 0.000000574. The highest BCUT2D eigenvalue weighted by atomic mass is 16.3. The van der Waals surface area contributed by atoms with E-state index in [4.69, 9.17) is 0 Å². The van der Waals surface area contributed by atoms with Crippen LogP contribution in [0.15, 0.2) is 42.5 Å². The first-order valence-corrected chi connectivity index (χ1v) is 6.54. The second-order valence-corrected chi connectivity index (χ2v) is 4.90. The van der Waals surface area contributed by atoms with Crippen LogP contribution in [0.5, 0.6) is 5.75 Å². The Bertz CT molecular complexity index is 568. The number of benzene rings is 2. The van der Waals surface area contributed by atoms with Crippen molar-refractivity contribution in [1.82, 2.24) is 0 Å². The monoisotopic (exact) mass is 240 g/mol. The SMILES string of the molecule is CC.CC1(C)c2ccccc2-c2ccc(O)cc21. The average molecular weight is 240 g/mol. The highest BCUT2D eigenvalue weighted by Gasteiger charge is 2.34. The first-order valence-electron chi connectivity index (χ1n) is 6.54. The van der Waals surface area contributed by atoms with Crippen molar-refractivity contribution in [2.75, 3.05) is 0 Å². The molecule has 0 saturated heterocycles. The lowest BCUT2D eigenvalue weighted by Crippen LogP contribution is -2.14. The van der Waals surface area contributed by atoms with Crippen molar-refractivity contribution in [2.45, 2.75) is 33.1 Å². The van der Waals surface area contributed by atoms with E-state index in [1.165, 1.54) is 22.3 Å². The third kappa shape index (κ3) is 1.71. The number of phenols is 1. The maximum Gasteiger partial charge on any atom is 0.115 e. The lowest BCUT2D eigenvalue weighted by molar-refractivity contribution is 0.473. The van der Waals surface area contributed by atoms with Gasteiger partial charge in [-0.2, -0.15) is 0 Å². The van der Waals surface area contributed by atoms with Crippen LogP contribution in [0.25, 0.3) is 11.1 Å². The molecule has 1 aliphatic rings. The zero-order valence-electron chi connectivity index (χ0n) is 11.5. The van der Waals surface area contributed by atoms with Gasteiger partial charge in [-0.3, -0.25) is 0 Å². The Hall–Kier alpha value is -1.76. The Labute approximate surface area is 109 Å². The molecule has 1 aliphatic carbocycles. The van der Waals surface area contributed by atoms with Crippen molar-refractivity contribution in [1.29, 1.82) is 0 Å². The molecule has 2 aromatic carbocycles. The average Bonchev–Trinajstić information content (AvgIpc) is 2.62. The summed E-state index contributed by atoms with van der Waals surface area (Å²) in [6.45, 7) is 8.41. The van der Waals surface area contributed by atoms with Crippen LogP contribution >= 0.6 is 0 Å². The van der Waals surface area contributed by atoms with Crippen LogP contribution in [0.4, 0.5) is 0 Å². The lowest BCUT2D eigenvalue weighted by atomic mass is 9.82. The first kappa shape index (κ1) is 12.7.